The Morgan fingerprint density at radius 2 is 1.56 bits per heavy atom. The van der Waals surface area contributed by atoms with Crippen molar-refractivity contribution in [2.45, 2.75) is 0 Å². The van der Waals surface area contributed by atoms with Gasteiger partial charge in [-0.1, -0.05) is 0 Å². The van der Waals surface area contributed by atoms with Crippen LogP contribution in [0.25, 0.3) is 0 Å². The zero-order chi connectivity index (χ0) is 18.7. The largest absolute Gasteiger partial charge is 0.398 e. The third kappa shape index (κ3) is 4.03. The van der Waals surface area contributed by atoms with Crippen LogP contribution in [0.15, 0.2) is 24.3 Å². The number of nitrogen functional groups attached to an aromatic ring is 1. The second kappa shape index (κ2) is 7.16. The molecule has 2 rings (SSSR count). The highest BCUT2D eigenvalue weighted by molar-refractivity contribution is 6.02. The van der Waals surface area contributed by atoms with Crippen LogP contribution in [0.5, 0.6) is 0 Å². The Bertz CT molecular complexity index is 858. The fraction of sp³-hybridized carbons (Fsp3) is 0.0667. The van der Waals surface area contributed by atoms with Gasteiger partial charge >= 0.3 is 0 Å². The number of nitrogens with two attached hydrogens (primary N) is 1. The fourth-order valence-electron chi connectivity index (χ4n) is 1.83. The summed E-state index contributed by atoms with van der Waals surface area (Å²) < 4.78 is 65.3. The highest BCUT2D eigenvalue weighted by Gasteiger charge is 2.17. The number of hydrogen-bond donors (Lipinski definition) is 3. The van der Waals surface area contributed by atoms with Crippen molar-refractivity contribution in [2.24, 2.45) is 0 Å². The van der Waals surface area contributed by atoms with Gasteiger partial charge in [0.2, 0.25) is 5.91 Å². The highest BCUT2D eigenvalue weighted by atomic mass is 19.2. The standard InChI is InChI=1S/C15H10F5N3O2/c16-7-1-2-11(14(20)13(7)19)23-12(24)5-22-15(25)6-3-8(17)9(18)4-10(6)21/h1-4H,5,21H2,(H,22,25)(H,23,24). The molecule has 0 atom stereocenters. The topological polar surface area (TPSA) is 84.2 Å². The van der Waals surface area contributed by atoms with Gasteiger partial charge in [-0.25, -0.2) is 22.0 Å². The second-order valence-corrected chi connectivity index (χ2v) is 4.81. The first-order chi connectivity index (χ1) is 11.7. The van der Waals surface area contributed by atoms with E-state index in [0.29, 0.717) is 18.2 Å². The molecule has 0 fully saturated rings. The molecule has 10 heteroatoms. The monoisotopic (exact) mass is 359 g/mol. The summed E-state index contributed by atoms with van der Waals surface area (Å²) in [6.45, 7) is -0.713. The van der Waals surface area contributed by atoms with E-state index in [4.69, 9.17) is 5.73 Å². The van der Waals surface area contributed by atoms with Crippen molar-refractivity contribution in [3.63, 3.8) is 0 Å². The minimum atomic E-state index is -1.77. The van der Waals surface area contributed by atoms with Gasteiger partial charge in [0.05, 0.1) is 17.8 Å². The van der Waals surface area contributed by atoms with Crippen molar-refractivity contribution < 1.29 is 31.5 Å². The Labute approximate surface area is 137 Å². The number of hydrogen-bond acceptors (Lipinski definition) is 3. The molecule has 0 aliphatic carbocycles. The number of benzene rings is 2. The first-order valence-electron chi connectivity index (χ1n) is 6.66. The molecule has 0 aliphatic heterocycles. The van der Waals surface area contributed by atoms with Crippen LogP contribution in [0, 0.1) is 29.1 Å². The van der Waals surface area contributed by atoms with Gasteiger partial charge < -0.3 is 16.4 Å². The number of nitrogens with one attached hydrogen (secondary N) is 2. The average Bonchev–Trinajstić information content (AvgIpc) is 2.56. The van der Waals surface area contributed by atoms with E-state index in [1.165, 1.54) is 0 Å². The fourth-order valence-corrected chi connectivity index (χ4v) is 1.83. The molecule has 132 valence electrons. The lowest BCUT2D eigenvalue weighted by Crippen LogP contribution is -2.33. The van der Waals surface area contributed by atoms with Crippen LogP contribution in [-0.4, -0.2) is 18.4 Å². The molecule has 0 aromatic heterocycles. The SMILES string of the molecule is Nc1cc(F)c(F)cc1C(=O)NCC(=O)Nc1ccc(F)c(F)c1F. The van der Waals surface area contributed by atoms with Crippen molar-refractivity contribution in [3.05, 3.63) is 58.9 Å². The maximum Gasteiger partial charge on any atom is 0.253 e. The molecular formula is C15H10F5N3O2. The molecule has 2 amide bonds. The maximum absolute atomic E-state index is 13.4. The van der Waals surface area contributed by atoms with Crippen LogP contribution in [0.1, 0.15) is 10.4 Å². The molecule has 2 aromatic carbocycles. The van der Waals surface area contributed by atoms with Gasteiger partial charge in [0.15, 0.2) is 29.1 Å². The number of rotatable bonds is 4. The first-order valence-corrected chi connectivity index (χ1v) is 6.66. The van der Waals surface area contributed by atoms with E-state index in [9.17, 15) is 31.5 Å². The molecular weight excluding hydrogens is 349 g/mol. The Balaban J connectivity index is 2.02. The number of halogens is 5. The van der Waals surface area contributed by atoms with Crippen LogP contribution in [0.3, 0.4) is 0 Å². The van der Waals surface area contributed by atoms with Crippen molar-refractivity contribution in [1.29, 1.82) is 0 Å². The summed E-state index contributed by atoms with van der Waals surface area (Å²) in [6.07, 6.45) is 0. The van der Waals surface area contributed by atoms with Crippen LogP contribution in [0.4, 0.5) is 33.3 Å². The smallest absolute Gasteiger partial charge is 0.253 e. The zero-order valence-corrected chi connectivity index (χ0v) is 12.3. The van der Waals surface area contributed by atoms with E-state index >= 15 is 0 Å². The highest BCUT2D eigenvalue weighted by Crippen LogP contribution is 2.19. The van der Waals surface area contributed by atoms with Gasteiger partial charge in [0, 0.05) is 11.8 Å². The molecule has 0 heterocycles. The Kier molecular flexibility index (Phi) is 5.20. The molecule has 0 spiro atoms. The van der Waals surface area contributed by atoms with Crippen LogP contribution in [0.2, 0.25) is 0 Å². The second-order valence-electron chi connectivity index (χ2n) is 4.81. The summed E-state index contributed by atoms with van der Waals surface area (Å²) in [5.41, 5.74) is 3.97. The summed E-state index contributed by atoms with van der Waals surface area (Å²) in [7, 11) is 0. The van der Waals surface area contributed by atoms with Crippen LogP contribution in [-0.2, 0) is 4.79 Å². The number of anilines is 2. The lowest BCUT2D eigenvalue weighted by molar-refractivity contribution is -0.115. The molecule has 0 aliphatic rings. The molecule has 0 radical (unpaired) electrons. The first kappa shape index (κ1) is 18.2. The molecule has 2 aromatic rings. The van der Waals surface area contributed by atoms with Crippen molar-refractivity contribution in [3.8, 4) is 0 Å². The minimum absolute atomic E-state index is 0.358. The third-order valence-corrected chi connectivity index (χ3v) is 3.06. The van der Waals surface area contributed by atoms with E-state index in [1.807, 2.05) is 10.6 Å². The summed E-state index contributed by atoms with van der Waals surface area (Å²) in [6, 6.07) is 2.54. The summed E-state index contributed by atoms with van der Waals surface area (Å²) in [5.74, 6) is -9.33. The number of amides is 2. The predicted octanol–water partition coefficient (Wildman–Crippen LogP) is 2.33. The van der Waals surface area contributed by atoms with Gasteiger partial charge in [-0.2, -0.15) is 0 Å². The number of carbonyl (C=O) groups is 2. The molecule has 5 nitrogen and oxygen atoms in total. The Morgan fingerprint density at radius 3 is 2.24 bits per heavy atom. The summed E-state index contributed by atoms with van der Waals surface area (Å²) in [4.78, 5) is 23.4. The predicted molar refractivity (Wildman–Crippen MR) is 78.0 cm³/mol. The van der Waals surface area contributed by atoms with Crippen molar-refractivity contribution >= 4 is 23.2 Å². The van der Waals surface area contributed by atoms with E-state index in [-0.39, 0.29) is 5.69 Å². The number of carbonyl (C=O) groups excluding carboxylic acids is 2. The van der Waals surface area contributed by atoms with Gasteiger partial charge in [-0.15, -0.1) is 0 Å². The Morgan fingerprint density at radius 1 is 0.920 bits per heavy atom. The lowest BCUT2D eigenvalue weighted by Gasteiger charge is -2.10. The maximum atomic E-state index is 13.4. The normalized spacial score (nSPS) is 10.4. The lowest BCUT2D eigenvalue weighted by atomic mass is 10.1. The minimum Gasteiger partial charge on any atom is -0.398 e. The molecule has 25 heavy (non-hydrogen) atoms. The zero-order valence-electron chi connectivity index (χ0n) is 12.3. The average molecular weight is 359 g/mol. The van der Waals surface area contributed by atoms with Crippen molar-refractivity contribution in [1.82, 2.24) is 5.32 Å². The molecule has 0 saturated carbocycles. The van der Waals surface area contributed by atoms with Gasteiger partial charge in [-0.3, -0.25) is 9.59 Å². The summed E-state index contributed by atoms with van der Waals surface area (Å²) in [5, 5.41) is 3.96. The van der Waals surface area contributed by atoms with E-state index in [1.54, 1.807) is 0 Å². The quantitative estimate of drug-likeness (QED) is 0.445. The molecule has 0 bridgehead atoms. The van der Waals surface area contributed by atoms with Gasteiger partial charge in [0.25, 0.3) is 5.91 Å². The Hall–Kier alpha value is -3.17. The van der Waals surface area contributed by atoms with Gasteiger partial charge in [-0.05, 0) is 18.2 Å². The molecule has 0 unspecified atom stereocenters. The van der Waals surface area contributed by atoms with E-state index in [2.05, 4.69) is 0 Å². The third-order valence-electron chi connectivity index (χ3n) is 3.06. The van der Waals surface area contributed by atoms with E-state index < -0.39 is 58.7 Å². The van der Waals surface area contributed by atoms with Crippen molar-refractivity contribution in [2.75, 3.05) is 17.6 Å². The molecule has 4 N–H and O–H groups in total. The molecule has 0 saturated heterocycles. The van der Waals surface area contributed by atoms with E-state index in [0.717, 1.165) is 6.07 Å². The van der Waals surface area contributed by atoms with Crippen LogP contribution >= 0.6 is 0 Å². The summed E-state index contributed by atoms with van der Waals surface area (Å²) >= 11 is 0. The van der Waals surface area contributed by atoms with Crippen LogP contribution < -0.4 is 16.4 Å². The van der Waals surface area contributed by atoms with Gasteiger partial charge in [0.1, 0.15) is 0 Å².